The van der Waals surface area contributed by atoms with E-state index in [0.29, 0.717) is 18.9 Å². The number of nitrogens with two attached hydrogens (primary N) is 1. The van der Waals surface area contributed by atoms with Crippen molar-refractivity contribution in [1.29, 1.82) is 5.26 Å². The Morgan fingerprint density at radius 1 is 1.32 bits per heavy atom. The van der Waals surface area contributed by atoms with Crippen LogP contribution >= 0.6 is 0 Å². The van der Waals surface area contributed by atoms with Crippen molar-refractivity contribution in [3.63, 3.8) is 0 Å². The van der Waals surface area contributed by atoms with Gasteiger partial charge in [-0.05, 0) is 56.8 Å². The number of carbonyl (C=O) groups excluding carboxylic acids is 2. The van der Waals surface area contributed by atoms with Crippen LogP contribution < -0.4 is 10.5 Å². The van der Waals surface area contributed by atoms with Gasteiger partial charge in [0.1, 0.15) is 6.04 Å². The highest BCUT2D eigenvalue weighted by atomic mass is 32.2. The first-order valence-corrected chi connectivity index (χ1v) is 13.2. The number of carbonyl (C=O) groups is 2. The van der Waals surface area contributed by atoms with Crippen LogP contribution in [0, 0.1) is 17.2 Å². The van der Waals surface area contributed by atoms with Gasteiger partial charge in [0.2, 0.25) is 21.8 Å². The van der Waals surface area contributed by atoms with Crippen molar-refractivity contribution >= 4 is 21.8 Å². The first-order valence-electron chi connectivity index (χ1n) is 11.7. The van der Waals surface area contributed by atoms with Crippen LogP contribution in [0.3, 0.4) is 0 Å². The molecule has 3 heterocycles. The van der Waals surface area contributed by atoms with E-state index in [-0.39, 0.29) is 47.4 Å². The molecule has 1 aromatic rings. The molecule has 0 unspecified atom stereocenters. The lowest BCUT2D eigenvalue weighted by atomic mass is 10.1. The molecule has 1 aliphatic carbocycles. The van der Waals surface area contributed by atoms with Crippen molar-refractivity contribution in [2.75, 3.05) is 20.1 Å². The Kier molecular flexibility index (Phi) is 5.67. The number of amides is 2. The monoisotopic (exact) mass is 486 g/mol. The number of nitriles is 1. The largest absolute Gasteiger partial charge is 0.330 e. The Morgan fingerprint density at radius 2 is 2.09 bits per heavy atom. The molecular formula is C23H30N6O4S. The van der Waals surface area contributed by atoms with Crippen LogP contribution in [0.15, 0.2) is 29.2 Å². The Balaban J connectivity index is 1.25. The summed E-state index contributed by atoms with van der Waals surface area (Å²) in [6, 6.07) is 7.23. The molecule has 1 saturated carbocycles. The van der Waals surface area contributed by atoms with Crippen molar-refractivity contribution in [2.45, 2.75) is 67.3 Å². The van der Waals surface area contributed by atoms with E-state index in [1.165, 1.54) is 13.1 Å². The summed E-state index contributed by atoms with van der Waals surface area (Å²) in [4.78, 5) is 31.9. The molecule has 0 aromatic heterocycles. The van der Waals surface area contributed by atoms with E-state index in [4.69, 9.17) is 5.73 Å². The second-order valence-electron chi connectivity index (χ2n) is 9.86. The lowest BCUT2D eigenvalue weighted by Crippen LogP contribution is -2.57. The molecule has 3 aliphatic heterocycles. The molecule has 2 amide bonds. The normalized spacial score (nSPS) is 31.9. The third-order valence-corrected chi connectivity index (χ3v) is 9.32. The maximum absolute atomic E-state index is 13.3. The first-order chi connectivity index (χ1) is 16.2. The molecule has 182 valence electrons. The lowest BCUT2D eigenvalue weighted by Gasteiger charge is -2.38. The van der Waals surface area contributed by atoms with Gasteiger partial charge in [-0.25, -0.2) is 13.1 Å². The minimum atomic E-state index is -3.58. The number of sulfonamides is 1. The van der Waals surface area contributed by atoms with Gasteiger partial charge in [-0.3, -0.25) is 14.5 Å². The van der Waals surface area contributed by atoms with Gasteiger partial charge in [0.25, 0.3) is 0 Å². The zero-order chi connectivity index (χ0) is 24.4. The van der Waals surface area contributed by atoms with Crippen LogP contribution in [0.25, 0.3) is 0 Å². The zero-order valence-corrected chi connectivity index (χ0v) is 20.1. The Morgan fingerprint density at radius 3 is 2.76 bits per heavy atom. The van der Waals surface area contributed by atoms with Crippen LogP contribution in [-0.2, 0) is 19.6 Å². The predicted octanol–water partition coefficient (Wildman–Crippen LogP) is -0.219. The maximum atomic E-state index is 13.3. The topological polar surface area (TPSA) is 140 Å². The predicted molar refractivity (Wildman–Crippen MR) is 122 cm³/mol. The molecule has 0 radical (unpaired) electrons. The molecular weight excluding hydrogens is 456 g/mol. The van der Waals surface area contributed by atoms with E-state index < -0.39 is 22.1 Å². The van der Waals surface area contributed by atoms with E-state index in [0.717, 1.165) is 18.4 Å². The fourth-order valence-corrected chi connectivity index (χ4v) is 6.81. The van der Waals surface area contributed by atoms with Gasteiger partial charge in [-0.2, -0.15) is 5.26 Å². The summed E-state index contributed by atoms with van der Waals surface area (Å²) in [5.41, 5.74) is 7.03. The second-order valence-corrected chi connectivity index (χ2v) is 11.7. The van der Waals surface area contributed by atoms with Gasteiger partial charge in [-0.15, -0.1) is 0 Å². The van der Waals surface area contributed by atoms with Gasteiger partial charge in [0.05, 0.1) is 29.1 Å². The third kappa shape index (κ3) is 3.69. The second kappa shape index (κ2) is 8.30. The minimum Gasteiger partial charge on any atom is -0.330 e. The molecule has 0 spiro atoms. The summed E-state index contributed by atoms with van der Waals surface area (Å²) in [5.74, 6) is 0.213. The molecule has 34 heavy (non-hydrogen) atoms. The number of nitrogens with one attached hydrogen (secondary N) is 1. The average molecular weight is 487 g/mol. The average Bonchev–Trinajstić information content (AvgIpc) is 3.15. The number of fused-ring (bicyclic) bond motifs is 3. The van der Waals surface area contributed by atoms with Crippen LogP contribution in [-0.4, -0.2) is 85.3 Å². The van der Waals surface area contributed by atoms with Crippen molar-refractivity contribution < 1.29 is 18.0 Å². The van der Waals surface area contributed by atoms with Crippen molar-refractivity contribution in [1.82, 2.24) is 19.4 Å². The van der Waals surface area contributed by atoms with Crippen molar-refractivity contribution in [3.05, 3.63) is 29.8 Å². The van der Waals surface area contributed by atoms with Gasteiger partial charge >= 0.3 is 0 Å². The summed E-state index contributed by atoms with van der Waals surface area (Å²) < 4.78 is 26.7. The molecule has 2 bridgehead atoms. The molecule has 1 aromatic carbocycles. The number of likely N-dealkylation sites (tertiary alicyclic amines) is 3. The number of benzene rings is 1. The quantitative estimate of drug-likeness (QED) is 0.543. The Bertz CT molecular complexity index is 1170. The number of piperazine rings is 1. The summed E-state index contributed by atoms with van der Waals surface area (Å²) >= 11 is 0. The highest BCUT2D eigenvalue weighted by Gasteiger charge is 2.56. The number of hydrogen-bond acceptors (Lipinski definition) is 7. The Hall–Kier alpha value is -2.52. The summed E-state index contributed by atoms with van der Waals surface area (Å²) in [6.07, 6.45) is 2.34. The Labute approximate surface area is 199 Å². The van der Waals surface area contributed by atoms with E-state index in [1.54, 1.807) is 17.0 Å². The highest BCUT2D eigenvalue weighted by molar-refractivity contribution is 7.89. The van der Waals surface area contributed by atoms with Crippen molar-refractivity contribution in [2.24, 2.45) is 11.7 Å². The molecule has 4 aliphatic rings. The van der Waals surface area contributed by atoms with Crippen LogP contribution in [0.2, 0.25) is 0 Å². The maximum Gasteiger partial charge on any atom is 0.242 e. The molecule has 3 N–H and O–H groups in total. The van der Waals surface area contributed by atoms with E-state index in [9.17, 15) is 23.3 Å². The lowest BCUT2D eigenvalue weighted by molar-refractivity contribution is -0.141. The number of piperidine rings is 1. The highest BCUT2D eigenvalue weighted by Crippen LogP contribution is 2.48. The van der Waals surface area contributed by atoms with Gasteiger partial charge in [0, 0.05) is 25.2 Å². The van der Waals surface area contributed by atoms with Crippen molar-refractivity contribution in [3.8, 4) is 6.07 Å². The summed E-state index contributed by atoms with van der Waals surface area (Å²) in [6.45, 7) is 2.81. The van der Waals surface area contributed by atoms with Crippen LogP contribution in [0.1, 0.15) is 37.8 Å². The fourth-order valence-electron chi connectivity index (χ4n) is 6.03. The minimum absolute atomic E-state index is 0.0224. The zero-order valence-electron chi connectivity index (χ0n) is 19.3. The summed E-state index contributed by atoms with van der Waals surface area (Å²) in [7, 11) is -2.21. The van der Waals surface area contributed by atoms with Crippen LogP contribution in [0.4, 0.5) is 0 Å². The molecule has 3 saturated heterocycles. The number of hydrogen-bond donors (Lipinski definition) is 2. The molecule has 5 rings (SSSR count). The molecule has 11 heteroatoms. The molecule has 7 atom stereocenters. The summed E-state index contributed by atoms with van der Waals surface area (Å²) in [5, 5.41) is 9.38. The van der Waals surface area contributed by atoms with Gasteiger partial charge in [0.15, 0.2) is 0 Å². The third-order valence-electron chi connectivity index (χ3n) is 7.91. The van der Waals surface area contributed by atoms with E-state index >= 15 is 0 Å². The fraction of sp³-hybridized carbons (Fsp3) is 0.609. The first kappa shape index (κ1) is 23.2. The van der Waals surface area contributed by atoms with Crippen LogP contribution in [0.5, 0.6) is 0 Å². The van der Waals surface area contributed by atoms with E-state index in [2.05, 4.69) is 10.8 Å². The number of nitrogens with zero attached hydrogens (tertiary/aromatic N) is 4. The van der Waals surface area contributed by atoms with Gasteiger partial charge in [-0.1, -0.05) is 12.1 Å². The van der Waals surface area contributed by atoms with E-state index in [1.807, 2.05) is 22.8 Å². The SMILES string of the molecule is CNS(=O)(=O)c1cccc([C@@H](C)N2C(=O)[C@@H]3C[C@H]2CN3C[C@H](N)C(=O)N2[C@H](C#N)C[C@@H]3C[C@@H]32)c1. The molecule has 10 nitrogen and oxygen atoms in total. The van der Waals surface area contributed by atoms with Gasteiger partial charge < -0.3 is 15.5 Å². The molecule has 4 fully saturated rings. The number of rotatable bonds is 7. The standard InChI is InChI=1S/C23H30N6O4S/c1-13(14-4-3-5-18(7-14)34(32,33)26-2)28-17-9-21(23(28)31)27(11-17)12-19(25)22(30)29-16(10-24)6-15-8-20(15)29/h3-5,7,13,15-17,19-21,26H,6,8-9,11-12,25H2,1-2H3/t13-,15-,16+,17+,19+,20+,21+/m1/s1. The smallest absolute Gasteiger partial charge is 0.242 e.